The molecule has 0 spiro atoms. The summed E-state index contributed by atoms with van der Waals surface area (Å²) in [6.07, 6.45) is 15.4. The molecule has 3 rings (SSSR count). The van der Waals surface area contributed by atoms with Gasteiger partial charge < -0.3 is 11.1 Å². The third-order valence-electron chi connectivity index (χ3n) is 5.85. The van der Waals surface area contributed by atoms with Gasteiger partial charge in [0.25, 0.3) is 0 Å². The number of aryl methyl sites for hydroxylation is 1. The molecule has 0 saturated carbocycles. The lowest BCUT2D eigenvalue weighted by atomic mass is 9.81. The van der Waals surface area contributed by atoms with Crippen LogP contribution in [0.2, 0.25) is 0 Å². The van der Waals surface area contributed by atoms with Crippen molar-refractivity contribution in [2.45, 2.75) is 32.6 Å². The molecule has 0 radical (unpaired) electrons. The molecule has 2 heteroatoms. The summed E-state index contributed by atoms with van der Waals surface area (Å²) >= 11 is 0. The molecule has 3 N–H and O–H groups in total. The minimum absolute atomic E-state index is 0.447. The summed E-state index contributed by atoms with van der Waals surface area (Å²) < 4.78 is 0. The first-order chi connectivity index (χ1) is 13.6. The summed E-state index contributed by atoms with van der Waals surface area (Å²) in [6, 6.07) is 6.83. The number of allylic oxidation sites excluding steroid dienone is 9. The van der Waals surface area contributed by atoms with Crippen LogP contribution in [0.15, 0.2) is 78.6 Å². The molecule has 0 saturated heterocycles. The third kappa shape index (κ3) is 4.28. The minimum atomic E-state index is 0.447. The van der Waals surface area contributed by atoms with Crippen LogP contribution in [0.1, 0.15) is 42.9 Å². The van der Waals surface area contributed by atoms with Gasteiger partial charge in [-0.05, 0) is 72.1 Å². The molecule has 0 fully saturated rings. The van der Waals surface area contributed by atoms with Crippen LogP contribution < -0.4 is 11.1 Å². The van der Waals surface area contributed by atoms with Gasteiger partial charge in [-0.3, -0.25) is 0 Å². The van der Waals surface area contributed by atoms with Crippen LogP contribution in [0.4, 0.5) is 0 Å². The number of nitrogens with two attached hydrogens (primary N) is 1. The molecule has 2 aliphatic rings. The van der Waals surface area contributed by atoms with Gasteiger partial charge in [-0.25, -0.2) is 0 Å². The zero-order valence-corrected chi connectivity index (χ0v) is 17.2. The number of rotatable bonds is 6. The van der Waals surface area contributed by atoms with Crippen LogP contribution >= 0.6 is 0 Å². The predicted molar refractivity (Wildman–Crippen MR) is 123 cm³/mol. The Kier molecular flexibility index (Phi) is 6.53. The maximum Gasteiger partial charge on any atom is 0.0328 e. The van der Waals surface area contributed by atoms with E-state index < -0.39 is 0 Å². The molecule has 0 amide bonds. The summed E-state index contributed by atoms with van der Waals surface area (Å²) in [5.41, 5.74) is 16.1. The number of fused-ring (bicyclic) bond motifs is 1. The van der Waals surface area contributed by atoms with E-state index in [4.69, 9.17) is 5.73 Å². The number of hydrogen-bond acceptors (Lipinski definition) is 2. The molecule has 0 heterocycles. The lowest BCUT2D eigenvalue weighted by Gasteiger charge is -2.23. The van der Waals surface area contributed by atoms with E-state index in [-0.39, 0.29) is 0 Å². The molecular formula is C26H32N2. The highest BCUT2D eigenvalue weighted by Gasteiger charge is 2.22. The topological polar surface area (TPSA) is 38.0 Å². The Bertz CT molecular complexity index is 887. The molecule has 1 unspecified atom stereocenters. The van der Waals surface area contributed by atoms with Crippen molar-refractivity contribution >= 4 is 11.1 Å². The van der Waals surface area contributed by atoms with Gasteiger partial charge in [0.1, 0.15) is 0 Å². The number of nitrogens with one attached hydrogen (secondary N) is 1. The van der Waals surface area contributed by atoms with Gasteiger partial charge in [0.15, 0.2) is 0 Å². The van der Waals surface area contributed by atoms with Crippen molar-refractivity contribution in [2.24, 2.45) is 11.7 Å². The molecule has 0 aromatic heterocycles. The first-order valence-electron chi connectivity index (χ1n) is 10.2. The van der Waals surface area contributed by atoms with E-state index in [1.807, 2.05) is 19.2 Å². The first-order valence-corrected chi connectivity index (χ1v) is 10.2. The summed E-state index contributed by atoms with van der Waals surface area (Å²) in [6.45, 7) is 10.9. The van der Waals surface area contributed by atoms with E-state index >= 15 is 0 Å². The molecule has 1 aromatic carbocycles. The van der Waals surface area contributed by atoms with E-state index in [1.54, 1.807) is 0 Å². The normalized spacial score (nSPS) is 19.6. The third-order valence-corrected chi connectivity index (χ3v) is 5.85. The quantitative estimate of drug-likeness (QED) is 0.642. The molecular weight excluding hydrogens is 340 g/mol. The molecule has 146 valence electrons. The van der Waals surface area contributed by atoms with Crippen LogP contribution in [0.25, 0.3) is 11.1 Å². The van der Waals surface area contributed by atoms with Crippen molar-refractivity contribution in [3.63, 3.8) is 0 Å². The smallest absolute Gasteiger partial charge is 0.0328 e. The number of benzene rings is 1. The highest BCUT2D eigenvalue weighted by atomic mass is 14.9. The first kappa shape index (κ1) is 20.2. The second-order valence-corrected chi connectivity index (χ2v) is 7.68. The summed E-state index contributed by atoms with van der Waals surface area (Å²) in [7, 11) is 1.90. The highest BCUT2D eigenvalue weighted by molar-refractivity contribution is 5.79. The molecule has 2 nitrogen and oxygen atoms in total. The lowest BCUT2D eigenvalue weighted by Crippen LogP contribution is -2.15. The number of hydrogen-bond donors (Lipinski definition) is 2. The van der Waals surface area contributed by atoms with Crippen molar-refractivity contribution in [1.82, 2.24) is 5.32 Å². The van der Waals surface area contributed by atoms with Gasteiger partial charge in [-0.1, -0.05) is 61.2 Å². The maximum atomic E-state index is 5.78. The van der Waals surface area contributed by atoms with Gasteiger partial charge in [0.05, 0.1) is 0 Å². The fourth-order valence-electron chi connectivity index (χ4n) is 4.22. The molecule has 0 bridgehead atoms. The Hall–Kier alpha value is -2.58. The average molecular weight is 373 g/mol. The van der Waals surface area contributed by atoms with Crippen LogP contribution in [0, 0.1) is 5.92 Å². The van der Waals surface area contributed by atoms with Gasteiger partial charge in [0, 0.05) is 25.2 Å². The van der Waals surface area contributed by atoms with Crippen molar-refractivity contribution < 1.29 is 0 Å². The van der Waals surface area contributed by atoms with Crippen LogP contribution in [-0.4, -0.2) is 13.6 Å². The van der Waals surface area contributed by atoms with E-state index in [1.165, 1.54) is 46.3 Å². The van der Waals surface area contributed by atoms with Crippen molar-refractivity contribution in [3.8, 4) is 0 Å². The Morgan fingerprint density at radius 1 is 1.32 bits per heavy atom. The van der Waals surface area contributed by atoms with Gasteiger partial charge >= 0.3 is 0 Å². The molecule has 2 aliphatic carbocycles. The summed E-state index contributed by atoms with van der Waals surface area (Å²) in [4.78, 5) is 0. The Labute approximate surface area is 169 Å². The van der Waals surface area contributed by atoms with Crippen molar-refractivity contribution in [3.05, 3.63) is 95.3 Å². The lowest BCUT2D eigenvalue weighted by molar-refractivity contribution is 0.806. The van der Waals surface area contributed by atoms with Gasteiger partial charge in [-0.2, -0.15) is 0 Å². The van der Waals surface area contributed by atoms with Crippen molar-refractivity contribution in [2.75, 3.05) is 13.6 Å². The molecule has 1 aromatic rings. The zero-order chi connectivity index (χ0) is 20.1. The number of likely N-dealkylation sites (N-methyl/N-ethyl adjacent to an activating group) is 1. The van der Waals surface area contributed by atoms with Crippen LogP contribution in [0.5, 0.6) is 0 Å². The van der Waals surface area contributed by atoms with Gasteiger partial charge in [-0.15, -0.1) is 0 Å². The Morgan fingerprint density at radius 2 is 2.14 bits per heavy atom. The average Bonchev–Trinajstić information content (AvgIpc) is 2.89. The maximum absolute atomic E-state index is 5.78. The van der Waals surface area contributed by atoms with Crippen molar-refractivity contribution in [1.29, 1.82) is 0 Å². The van der Waals surface area contributed by atoms with E-state index in [0.29, 0.717) is 12.5 Å². The SMILES string of the molecule is C=CC1=CCC(C2=C(C)CCCc3cc(C(=C)/C=C(/CN)NC)ccc32)C=C1. The Balaban J connectivity index is 1.96. The van der Waals surface area contributed by atoms with E-state index in [0.717, 1.165) is 24.1 Å². The standard InChI is InChI=1S/C26H32N2/c1-5-20-9-11-21(12-10-20)26-18(2)7-6-8-23-16-22(13-14-25(23)26)19(3)15-24(17-27)28-4/h5,9-11,13-16,21,28H,1,3,6-8,12,17,27H2,2,4H3/b24-15-. The predicted octanol–water partition coefficient (Wildman–Crippen LogP) is 5.56. The minimum Gasteiger partial charge on any atom is -0.390 e. The Morgan fingerprint density at radius 3 is 2.79 bits per heavy atom. The zero-order valence-electron chi connectivity index (χ0n) is 17.2. The second kappa shape index (κ2) is 9.07. The second-order valence-electron chi connectivity index (χ2n) is 7.68. The van der Waals surface area contributed by atoms with Gasteiger partial charge in [0.2, 0.25) is 0 Å². The monoisotopic (exact) mass is 372 g/mol. The molecule has 1 atom stereocenters. The summed E-state index contributed by atoms with van der Waals surface area (Å²) in [5.74, 6) is 0.447. The fourth-order valence-corrected chi connectivity index (χ4v) is 4.22. The highest BCUT2D eigenvalue weighted by Crippen LogP contribution is 2.39. The van der Waals surface area contributed by atoms with Crippen LogP contribution in [0.3, 0.4) is 0 Å². The molecule has 28 heavy (non-hydrogen) atoms. The van der Waals surface area contributed by atoms with E-state index in [2.05, 4.69) is 61.8 Å². The van der Waals surface area contributed by atoms with E-state index in [9.17, 15) is 0 Å². The summed E-state index contributed by atoms with van der Waals surface area (Å²) in [5, 5.41) is 3.14. The molecule has 0 aliphatic heterocycles. The fraction of sp³-hybridized carbons (Fsp3) is 0.308. The van der Waals surface area contributed by atoms with Crippen LogP contribution in [-0.2, 0) is 6.42 Å². The largest absolute Gasteiger partial charge is 0.390 e.